The van der Waals surface area contributed by atoms with E-state index in [4.69, 9.17) is 4.74 Å². The van der Waals surface area contributed by atoms with Crippen molar-refractivity contribution in [2.24, 2.45) is 0 Å². The number of hydrogen-bond donors (Lipinski definition) is 2. The van der Waals surface area contributed by atoms with Crippen molar-refractivity contribution in [3.63, 3.8) is 0 Å². The molecule has 0 amide bonds. The maximum Gasteiger partial charge on any atom is 0.338 e. The van der Waals surface area contributed by atoms with Crippen LogP contribution in [0.3, 0.4) is 0 Å². The number of hydrogen-bond acceptors (Lipinski definition) is 5. The van der Waals surface area contributed by atoms with Crippen LogP contribution in [0, 0.1) is 6.92 Å². The fourth-order valence-electron chi connectivity index (χ4n) is 2.33. The quantitative estimate of drug-likeness (QED) is 0.604. The number of rotatable bonds is 6. The molecular weight excluding hydrogens is 316 g/mol. The van der Waals surface area contributed by atoms with Gasteiger partial charge in [-0.2, -0.15) is 0 Å². The van der Waals surface area contributed by atoms with E-state index in [1.165, 1.54) is 6.07 Å². The van der Waals surface area contributed by atoms with Gasteiger partial charge in [-0.3, -0.25) is 0 Å². The molecule has 0 bridgehead atoms. The standard InChI is InChI=1S/C16H22N2O4S/c1-3-22-16(19)14-5-4-12(2)15(10-14)23(20,21)18-11-13-6-8-17-9-7-13/h4-6,10,17-18H,3,7-9,11H2,1-2H3. The molecule has 6 nitrogen and oxygen atoms in total. The van der Waals surface area contributed by atoms with Crippen molar-refractivity contribution >= 4 is 16.0 Å². The Morgan fingerprint density at radius 3 is 2.83 bits per heavy atom. The van der Waals surface area contributed by atoms with Crippen LogP contribution in [-0.2, 0) is 14.8 Å². The summed E-state index contributed by atoms with van der Waals surface area (Å²) >= 11 is 0. The molecular formula is C16H22N2O4S. The van der Waals surface area contributed by atoms with Crippen LogP contribution in [0.5, 0.6) is 0 Å². The van der Waals surface area contributed by atoms with Crippen molar-refractivity contribution in [2.45, 2.75) is 25.2 Å². The molecule has 0 saturated carbocycles. The Labute approximate surface area is 137 Å². The number of carbonyl (C=O) groups excluding carboxylic acids is 1. The summed E-state index contributed by atoms with van der Waals surface area (Å²) < 4.78 is 32.6. The van der Waals surface area contributed by atoms with Gasteiger partial charge in [-0.15, -0.1) is 0 Å². The molecule has 0 saturated heterocycles. The van der Waals surface area contributed by atoms with Crippen molar-refractivity contribution < 1.29 is 17.9 Å². The number of esters is 1. The minimum atomic E-state index is -3.68. The van der Waals surface area contributed by atoms with E-state index in [0.717, 1.165) is 25.1 Å². The molecule has 1 aromatic carbocycles. The third kappa shape index (κ3) is 4.63. The first-order chi connectivity index (χ1) is 10.9. The van der Waals surface area contributed by atoms with Gasteiger partial charge in [0, 0.05) is 13.1 Å². The molecule has 1 aliphatic heterocycles. The highest BCUT2D eigenvalue weighted by Gasteiger charge is 2.20. The average Bonchev–Trinajstić information content (AvgIpc) is 2.54. The predicted octanol–water partition coefficient (Wildman–Crippen LogP) is 1.37. The molecule has 1 aromatic rings. The maximum absolute atomic E-state index is 12.5. The molecule has 0 radical (unpaired) electrons. The summed E-state index contributed by atoms with van der Waals surface area (Å²) in [7, 11) is -3.68. The van der Waals surface area contributed by atoms with Gasteiger partial charge in [0.15, 0.2) is 0 Å². The van der Waals surface area contributed by atoms with E-state index < -0.39 is 16.0 Å². The molecule has 0 fully saturated rings. The monoisotopic (exact) mass is 338 g/mol. The average molecular weight is 338 g/mol. The Kier molecular flexibility index (Phi) is 5.92. The molecule has 1 aliphatic rings. The van der Waals surface area contributed by atoms with E-state index in [0.29, 0.717) is 5.56 Å². The third-order valence-corrected chi connectivity index (χ3v) is 5.18. The zero-order chi connectivity index (χ0) is 16.9. The first kappa shape index (κ1) is 17.7. The normalized spacial score (nSPS) is 15.1. The first-order valence-electron chi connectivity index (χ1n) is 7.60. The topological polar surface area (TPSA) is 84.5 Å². The second kappa shape index (κ2) is 7.72. The molecule has 0 spiro atoms. The molecule has 0 aromatic heterocycles. The molecule has 1 heterocycles. The lowest BCUT2D eigenvalue weighted by molar-refractivity contribution is 0.0526. The van der Waals surface area contributed by atoms with Gasteiger partial charge < -0.3 is 10.1 Å². The van der Waals surface area contributed by atoms with E-state index >= 15 is 0 Å². The number of carbonyl (C=O) groups is 1. The highest BCUT2D eigenvalue weighted by atomic mass is 32.2. The second-order valence-electron chi connectivity index (χ2n) is 5.34. The zero-order valence-electron chi connectivity index (χ0n) is 13.4. The lowest BCUT2D eigenvalue weighted by atomic mass is 10.1. The second-order valence-corrected chi connectivity index (χ2v) is 7.08. The van der Waals surface area contributed by atoms with Crippen molar-refractivity contribution in [1.29, 1.82) is 0 Å². The summed E-state index contributed by atoms with van der Waals surface area (Å²) in [5.41, 5.74) is 1.88. The summed E-state index contributed by atoms with van der Waals surface area (Å²) in [5.74, 6) is -0.523. The summed E-state index contributed by atoms with van der Waals surface area (Å²) in [6, 6.07) is 4.55. The van der Waals surface area contributed by atoms with E-state index in [9.17, 15) is 13.2 Å². The van der Waals surface area contributed by atoms with Crippen LogP contribution in [0.4, 0.5) is 0 Å². The van der Waals surface area contributed by atoms with Crippen molar-refractivity contribution in [2.75, 3.05) is 26.2 Å². The third-order valence-electron chi connectivity index (χ3n) is 3.64. The van der Waals surface area contributed by atoms with Crippen LogP contribution in [0.25, 0.3) is 0 Å². The Morgan fingerprint density at radius 2 is 2.17 bits per heavy atom. The van der Waals surface area contributed by atoms with E-state index in [-0.39, 0.29) is 23.6 Å². The van der Waals surface area contributed by atoms with Gasteiger partial charge in [-0.1, -0.05) is 17.7 Å². The van der Waals surface area contributed by atoms with Gasteiger partial charge in [0.25, 0.3) is 0 Å². The van der Waals surface area contributed by atoms with Gasteiger partial charge >= 0.3 is 5.97 Å². The van der Waals surface area contributed by atoms with E-state index in [2.05, 4.69) is 10.0 Å². The minimum Gasteiger partial charge on any atom is -0.462 e. The van der Waals surface area contributed by atoms with Gasteiger partial charge in [0.1, 0.15) is 0 Å². The highest BCUT2D eigenvalue weighted by molar-refractivity contribution is 7.89. The van der Waals surface area contributed by atoms with Gasteiger partial charge in [0.2, 0.25) is 10.0 Å². The van der Waals surface area contributed by atoms with Crippen LogP contribution in [0.15, 0.2) is 34.7 Å². The predicted molar refractivity (Wildman–Crippen MR) is 87.9 cm³/mol. The SMILES string of the molecule is CCOC(=O)c1ccc(C)c(S(=O)(=O)NCC2=CCNCC2)c1. The number of sulfonamides is 1. The van der Waals surface area contributed by atoms with Gasteiger partial charge in [-0.05, 0) is 44.5 Å². The lowest BCUT2D eigenvalue weighted by Crippen LogP contribution is -2.30. The molecule has 23 heavy (non-hydrogen) atoms. The van der Waals surface area contributed by atoms with Crippen LogP contribution in [-0.4, -0.2) is 40.6 Å². The number of nitrogens with one attached hydrogen (secondary N) is 2. The summed E-state index contributed by atoms with van der Waals surface area (Å²) in [4.78, 5) is 11.9. The minimum absolute atomic E-state index is 0.109. The number of ether oxygens (including phenoxy) is 1. The van der Waals surface area contributed by atoms with Crippen LogP contribution in [0.1, 0.15) is 29.3 Å². The smallest absolute Gasteiger partial charge is 0.338 e. The molecule has 126 valence electrons. The Hall–Kier alpha value is -1.70. The first-order valence-corrected chi connectivity index (χ1v) is 9.08. The fraction of sp³-hybridized carbons (Fsp3) is 0.438. The van der Waals surface area contributed by atoms with Crippen molar-refractivity contribution in [1.82, 2.24) is 10.0 Å². The summed E-state index contributed by atoms with van der Waals surface area (Å²) in [6.45, 7) is 5.55. The molecule has 0 aliphatic carbocycles. The lowest BCUT2D eigenvalue weighted by Gasteiger charge is -2.15. The molecule has 0 atom stereocenters. The summed E-state index contributed by atoms with van der Waals surface area (Å²) in [5, 5.41) is 3.18. The zero-order valence-corrected chi connectivity index (χ0v) is 14.2. The maximum atomic E-state index is 12.5. The molecule has 2 rings (SSSR count). The molecule has 7 heteroatoms. The Morgan fingerprint density at radius 1 is 1.39 bits per heavy atom. The van der Waals surface area contributed by atoms with Crippen LogP contribution >= 0.6 is 0 Å². The largest absolute Gasteiger partial charge is 0.462 e. The van der Waals surface area contributed by atoms with E-state index in [1.54, 1.807) is 26.0 Å². The molecule has 0 unspecified atom stereocenters. The Balaban J connectivity index is 2.19. The van der Waals surface area contributed by atoms with Gasteiger partial charge in [0.05, 0.1) is 17.1 Å². The van der Waals surface area contributed by atoms with Gasteiger partial charge in [-0.25, -0.2) is 17.9 Å². The van der Waals surface area contributed by atoms with Crippen LogP contribution < -0.4 is 10.0 Å². The summed E-state index contributed by atoms with van der Waals surface area (Å²) in [6.07, 6.45) is 2.82. The van der Waals surface area contributed by atoms with Crippen molar-refractivity contribution in [3.8, 4) is 0 Å². The van der Waals surface area contributed by atoms with E-state index in [1.807, 2.05) is 6.08 Å². The Bertz CT molecular complexity index is 711. The van der Waals surface area contributed by atoms with Crippen LogP contribution in [0.2, 0.25) is 0 Å². The fourth-order valence-corrected chi connectivity index (χ4v) is 3.63. The van der Waals surface area contributed by atoms with Crippen molar-refractivity contribution in [3.05, 3.63) is 41.0 Å². The number of aryl methyl sites for hydroxylation is 1. The highest BCUT2D eigenvalue weighted by Crippen LogP contribution is 2.18. The molecule has 2 N–H and O–H groups in total. The number of benzene rings is 1.